The molecular weight excluding hydrogens is 485 g/mol. The van der Waals surface area contributed by atoms with Gasteiger partial charge in [-0.15, -0.1) is 0 Å². The highest BCUT2D eigenvalue weighted by atomic mass is 16.5. The van der Waals surface area contributed by atoms with Gasteiger partial charge in [0.05, 0.1) is 43.9 Å². The number of fused-ring (bicyclic) bond motifs is 2. The molecule has 0 radical (unpaired) electrons. The third kappa shape index (κ3) is 8.87. The van der Waals surface area contributed by atoms with E-state index >= 15 is 0 Å². The lowest BCUT2D eigenvalue weighted by Crippen LogP contribution is -2.48. The van der Waals surface area contributed by atoms with Crippen LogP contribution in [0.1, 0.15) is 42.9 Å². The molecule has 2 aliphatic rings. The minimum Gasteiger partial charge on any atom is -0.449 e. The molecule has 3 unspecified atom stereocenters. The smallest absolute Gasteiger partial charge is 0.449 e. The second kappa shape index (κ2) is 15.1. The highest BCUT2D eigenvalue weighted by molar-refractivity contribution is 6.43. The number of benzene rings is 2. The first-order valence-electron chi connectivity index (χ1n) is 13.1. The highest BCUT2D eigenvalue weighted by Crippen LogP contribution is 2.29. The van der Waals surface area contributed by atoms with Gasteiger partial charge in [-0.3, -0.25) is 4.79 Å². The number of nitrogens with one attached hydrogen (secondary N) is 1. The standard InChI is InChI=1S/C19H24BNO4.C9H12N2O2/c1-2-15-9-6-10-17(13-15)11-12-25-19(22)21-18(20(23)24)14-16-7-4-3-5-8-16;10-4-3-9(12)11-7-1-2-8(11)6-13-5-7/h3-10,13,18,23-24H,2,11-12,14H2,1H3,(H,21,22);7-8H,1-3,5-6H2. The first-order chi connectivity index (χ1) is 18.4. The van der Waals surface area contributed by atoms with Crippen LogP contribution in [0.3, 0.4) is 0 Å². The van der Waals surface area contributed by atoms with E-state index in [2.05, 4.69) is 24.4 Å². The molecule has 38 heavy (non-hydrogen) atoms. The van der Waals surface area contributed by atoms with Crippen LogP contribution in [0.2, 0.25) is 0 Å². The Kier molecular flexibility index (Phi) is 11.6. The predicted octanol–water partition coefficient (Wildman–Crippen LogP) is 2.43. The predicted molar refractivity (Wildman–Crippen MR) is 143 cm³/mol. The molecule has 0 aromatic heterocycles. The van der Waals surface area contributed by atoms with Crippen LogP contribution in [0.15, 0.2) is 54.6 Å². The zero-order valence-electron chi connectivity index (χ0n) is 21.8. The molecule has 2 aliphatic heterocycles. The fraction of sp³-hybridized carbons (Fsp3) is 0.464. The maximum Gasteiger partial charge on any atom is 0.475 e. The fourth-order valence-electron chi connectivity index (χ4n) is 4.75. The molecule has 2 saturated heterocycles. The molecular formula is C28H36BN3O6. The summed E-state index contributed by atoms with van der Waals surface area (Å²) < 4.78 is 10.5. The number of rotatable bonds is 9. The number of morpholine rings is 1. The van der Waals surface area contributed by atoms with Crippen molar-refractivity contribution in [3.63, 3.8) is 0 Å². The van der Waals surface area contributed by atoms with Crippen molar-refractivity contribution in [1.29, 1.82) is 5.26 Å². The third-order valence-electron chi connectivity index (χ3n) is 6.74. The summed E-state index contributed by atoms with van der Waals surface area (Å²) in [6.45, 7) is 3.62. The molecule has 2 heterocycles. The number of amides is 2. The van der Waals surface area contributed by atoms with Crippen molar-refractivity contribution in [2.24, 2.45) is 0 Å². The van der Waals surface area contributed by atoms with Gasteiger partial charge in [0.15, 0.2) is 0 Å². The number of nitrogens with zero attached hydrogens (tertiary/aromatic N) is 2. The summed E-state index contributed by atoms with van der Waals surface area (Å²) in [5, 5.41) is 29.9. The van der Waals surface area contributed by atoms with Gasteiger partial charge in [-0.05, 0) is 42.4 Å². The summed E-state index contributed by atoms with van der Waals surface area (Å²) in [5.74, 6) is -0.850. The minimum absolute atomic E-state index is 0.00694. The number of hydrogen-bond donors (Lipinski definition) is 3. The van der Waals surface area contributed by atoms with Gasteiger partial charge < -0.3 is 29.7 Å². The van der Waals surface area contributed by atoms with Gasteiger partial charge in [0, 0.05) is 6.42 Å². The first kappa shape index (κ1) is 29.2. The van der Waals surface area contributed by atoms with E-state index in [4.69, 9.17) is 14.7 Å². The molecule has 0 aliphatic carbocycles. The summed E-state index contributed by atoms with van der Waals surface area (Å²) in [6.07, 6.45) is 3.31. The Balaban J connectivity index is 0.000000256. The normalized spacial score (nSPS) is 18.4. The molecule has 2 aromatic carbocycles. The average Bonchev–Trinajstić information content (AvgIpc) is 3.18. The second-order valence-electron chi connectivity index (χ2n) is 9.47. The van der Waals surface area contributed by atoms with Crippen molar-refractivity contribution < 1.29 is 29.1 Å². The van der Waals surface area contributed by atoms with E-state index in [-0.39, 0.29) is 31.0 Å². The summed E-state index contributed by atoms with van der Waals surface area (Å²) in [7, 11) is -1.66. The fourth-order valence-corrected chi connectivity index (χ4v) is 4.75. The summed E-state index contributed by atoms with van der Waals surface area (Å²) in [6, 6.07) is 19.8. The van der Waals surface area contributed by atoms with E-state index in [0.29, 0.717) is 26.1 Å². The molecule has 10 heteroatoms. The van der Waals surface area contributed by atoms with Crippen molar-refractivity contribution in [3.8, 4) is 6.07 Å². The maximum atomic E-state index is 11.9. The van der Waals surface area contributed by atoms with Crippen molar-refractivity contribution in [2.75, 3.05) is 19.8 Å². The summed E-state index contributed by atoms with van der Waals surface area (Å²) >= 11 is 0. The molecule has 4 rings (SSSR count). The molecule has 0 spiro atoms. The van der Waals surface area contributed by atoms with Gasteiger partial charge in [0.25, 0.3) is 0 Å². The quantitative estimate of drug-likeness (QED) is 0.432. The lowest BCUT2D eigenvalue weighted by Gasteiger charge is -2.34. The number of aryl methyl sites for hydroxylation is 1. The molecule has 3 atom stereocenters. The number of nitriles is 1. The molecule has 3 N–H and O–H groups in total. The zero-order chi connectivity index (χ0) is 27.3. The van der Waals surface area contributed by atoms with Gasteiger partial charge >= 0.3 is 13.2 Å². The Bertz CT molecular complexity index is 1060. The van der Waals surface area contributed by atoms with Crippen molar-refractivity contribution >= 4 is 19.1 Å². The van der Waals surface area contributed by atoms with Crippen LogP contribution in [0.25, 0.3) is 0 Å². The van der Waals surface area contributed by atoms with Crippen molar-refractivity contribution in [2.45, 2.75) is 63.5 Å². The van der Waals surface area contributed by atoms with Crippen LogP contribution in [-0.4, -0.2) is 71.9 Å². The number of carbonyl (C=O) groups excluding carboxylic acids is 2. The van der Waals surface area contributed by atoms with Gasteiger partial charge in [-0.1, -0.05) is 61.5 Å². The highest BCUT2D eigenvalue weighted by Gasteiger charge is 2.39. The maximum absolute atomic E-state index is 11.9. The molecule has 9 nitrogen and oxygen atoms in total. The molecule has 0 saturated carbocycles. The Hall–Kier alpha value is -3.39. The van der Waals surface area contributed by atoms with E-state index in [1.54, 1.807) is 0 Å². The van der Waals surface area contributed by atoms with Gasteiger partial charge in [0.2, 0.25) is 5.91 Å². The molecule has 202 valence electrons. The van der Waals surface area contributed by atoms with Crippen molar-refractivity contribution in [3.05, 3.63) is 71.3 Å². The Morgan fingerprint density at radius 1 is 1.11 bits per heavy atom. The first-order valence-corrected chi connectivity index (χ1v) is 13.1. The van der Waals surface area contributed by atoms with E-state index in [1.807, 2.05) is 53.4 Å². The van der Waals surface area contributed by atoms with Crippen molar-refractivity contribution in [1.82, 2.24) is 10.2 Å². The van der Waals surface area contributed by atoms with Crippen LogP contribution < -0.4 is 5.32 Å². The SMILES string of the molecule is CCc1cccc(CCOC(=O)NC(Cc2ccccc2)B(O)O)c1.N#CCC(=O)N1C2CCC1COC2. The molecule has 2 amide bonds. The second-order valence-corrected chi connectivity index (χ2v) is 9.47. The lowest BCUT2D eigenvalue weighted by molar-refractivity contribution is -0.139. The Labute approximate surface area is 224 Å². The number of hydrogen-bond acceptors (Lipinski definition) is 7. The Morgan fingerprint density at radius 3 is 2.39 bits per heavy atom. The largest absolute Gasteiger partial charge is 0.475 e. The Morgan fingerprint density at radius 2 is 1.76 bits per heavy atom. The van der Waals surface area contributed by atoms with E-state index < -0.39 is 19.2 Å². The van der Waals surface area contributed by atoms with Crippen LogP contribution in [0.4, 0.5) is 4.79 Å². The number of ether oxygens (including phenoxy) is 2. The number of alkyl carbamates (subject to hydrolysis) is 1. The van der Waals surface area contributed by atoms with Crippen LogP contribution >= 0.6 is 0 Å². The molecule has 2 fully saturated rings. The van der Waals surface area contributed by atoms with E-state index in [0.717, 1.165) is 30.4 Å². The topological polar surface area (TPSA) is 132 Å². The molecule has 2 aromatic rings. The summed E-state index contributed by atoms with van der Waals surface area (Å²) in [5.41, 5.74) is 3.25. The minimum atomic E-state index is -1.66. The van der Waals surface area contributed by atoms with Gasteiger partial charge in [0.1, 0.15) is 6.42 Å². The lowest BCUT2D eigenvalue weighted by atomic mass is 9.76. The van der Waals surface area contributed by atoms with Gasteiger partial charge in [-0.2, -0.15) is 5.26 Å². The van der Waals surface area contributed by atoms with Crippen LogP contribution in [0, 0.1) is 11.3 Å². The average molecular weight is 521 g/mol. The summed E-state index contributed by atoms with van der Waals surface area (Å²) in [4.78, 5) is 25.3. The third-order valence-corrected chi connectivity index (χ3v) is 6.74. The monoisotopic (exact) mass is 521 g/mol. The zero-order valence-corrected chi connectivity index (χ0v) is 21.8. The van der Waals surface area contributed by atoms with Crippen LogP contribution in [0.5, 0.6) is 0 Å². The van der Waals surface area contributed by atoms with E-state index in [1.165, 1.54) is 5.56 Å². The van der Waals surface area contributed by atoms with E-state index in [9.17, 15) is 19.6 Å². The van der Waals surface area contributed by atoms with Crippen LogP contribution in [-0.2, 0) is 33.5 Å². The molecule has 2 bridgehead atoms. The van der Waals surface area contributed by atoms with Gasteiger partial charge in [-0.25, -0.2) is 4.79 Å². The number of carbonyl (C=O) groups is 2.